The van der Waals surface area contributed by atoms with Gasteiger partial charge in [0.1, 0.15) is 0 Å². The summed E-state index contributed by atoms with van der Waals surface area (Å²) in [4.78, 5) is 26.3. The van der Waals surface area contributed by atoms with Gasteiger partial charge in [0.05, 0.1) is 33.0 Å². The number of esters is 1. The molecule has 10 heteroatoms. The van der Waals surface area contributed by atoms with E-state index in [1.54, 1.807) is 21.1 Å². The van der Waals surface area contributed by atoms with Crippen molar-refractivity contribution in [2.24, 2.45) is 5.92 Å². The van der Waals surface area contributed by atoms with Crippen molar-refractivity contribution in [3.63, 3.8) is 0 Å². The molecule has 0 aliphatic carbocycles. The van der Waals surface area contributed by atoms with E-state index in [2.05, 4.69) is 29.3 Å². The SMILES string of the molecule is COc1cc2c(cc1OC)CN(CC1OC(c3ccc(-c4ccccc4CNC(=O)C(C)OC(C)=O)cc3)OC(c3ccc(CO)cc3)C1C)CC2. The van der Waals surface area contributed by atoms with Gasteiger partial charge < -0.3 is 34.1 Å². The number of nitrogens with one attached hydrogen (secondary N) is 1. The van der Waals surface area contributed by atoms with E-state index in [9.17, 15) is 14.7 Å². The number of rotatable bonds is 12. The van der Waals surface area contributed by atoms with Gasteiger partial charge in [-0.1, -0.05) is 79.7 Å². The molecular formula is C42H48N2O8. The van der Waals surface area contributed by atoms with Gasteiger partial charge in [-0.3, -0.25) is 14.5 Å². The van der Waals surface area contributed by atoms with Crippen LogP contribution in [0.5, 0.6) is 11.5 Å². The Kier molecular flexibility index (Phi) is 11.9. The largest absolute Gasteiger partial charge is 0.493 e. The van der Waals surface area contributed by atoms with Crippen LogP contribution in [0.15, 0.2) is 84.9 Å². The highest BCUT2D eigenvalue weighted by Crippen LogP contribution is 2.43. The molecule has 1 saturated heterocycles. The van der Waals surface area contributed by atoms with Crippen LogP contribution in [-0.4, -0.2) is 61.4 Å². The van der Waals surface area contributed by atoms with Crippen LogP contribution < -0.4 is 14.8 Å². The summed E-state index contributed by atoms with van der Waals surface area (Å²) in [5, 5.41) is 12.5. The zero-order valence-corrected chi connectivity index (χ0v) is 30.5. The van der Waals surface area contributed by atoms with Gasteiger partial charge in [-0.05, 0) is 64.4 Å². The van der Waals surface area contributed by atoms with E-state index < -0.39 is 18.4 Å². The summed E-state index contributed by atoms with van der Waals surface area (Å²) in [6.07, 6.45) is -0.921. The van der Waals surface area contributed by atoms with Crippen molar-refractivity contribution in [2.75, 3.05) is 27.3 Å². The number of carbonyl (C=O) groups is 2. The molecule has 0 aromatic heterocycles. The van der Waals surface area contributed by atoms with Gasteiger partial charge in [0.15, 0.2) is 23.9 Å². The number of amides is 1. The topological polar surface area (TPSA) is 116 Å². The number of carbonyl (C=O) groups excluding carboxylic acids is 2. The van der Waals surface area contributed by atoms with E-state index in [-0.39, 0.29) is 37.2 Å². The Bertz CT molecular complexity index is 1840. The van der Waals surface area contributed by atoms with Crippen molar-refractivity contribution in [2.45, 2.75) is 71.5 Å². The van der Waals surface area contributed by atoms with Gasteiger partial charge in [-0.2, -0.15) is 0 Å². The van der Waals surface area contributed by atoms with E-state index in [1.165, 1.54) is 18.1 Å². The van der Waals surface area contributed by atoms with Crippen molar-refractivity contribution in [3.8, 4) is 22.6 Å². The molecule has 2 N–H and O–H groups in total. The molecule has 2 aliphatic rings. The molecule has 1 fully saturated rings. The number of benzene rings is 4. The predicted octanol–water partition coefficient (Wildman–Crippen LogP) is 6.28. The average Bonchev–Trinajstić information content (AvgIpc) is 3.17. The summed E-state index contributed by atoms with van der Waals surface area (Å²) in [7, 11) is 3.33. The van der Waals surface area contributed by atoms with E-state index >= 15 is 0 Å². The lowest BCUT2D eigenvalue weighted by Gasteiger charge is -2.43. The average molecular weight is 709 g/mol. The smallest absolute Gasteiger partial charge is 0.303 e. The molecule has 0 radical (unpaired) electrons. The lowest BCUT2D eigenvalue weighted by atomic mass is 9.89. The third kappa shape index (κ3) is 8.48. The molecule has 5 atom stereocenters. The first kappa shape index (κ1) is 37.0. The van der Waals surface area contributed by atoms with Crippen LogP contribution in [0.1, 0.15) is 66.5 Å². The van der Waals surface area contributed by atoms with Gasteiger partial charge >= 0.3 is 5.97 Å². The second-order valence-corrected chi connectivity index (χ2v) is 13.5. The number of nitrogens with zero attached hydrogens (tertiary/aromatic N) is 1. The maximum Gasteiger partial charge on any atom is 0.303 e. The van der Waals surface area contributed by atoms with Gasteiger partial charge in [0.2, 0.25) is 0 Å². The van der Waals surface area contributed by atoms with E-state index in [1.807, 2.05) is 72.8 Å². The summed E-state index contributed by atoms with van der Waals surface area (Å²) in [5.41, 5.74) is 8.19. The number of hydrogen-bond donors (Lipinski definition) is 2. The number of aliphatic hydroxyl groups excluding tert-OH is 1. The Morgan fingerprint density at radius 2 is 1.60 bits per heavy atom. The fraction of sp³-hybridized carbons (Fsp3) is 0.381. The molecule has 4 aromatic carbocycles. The van der Waals surface area contributed by atoms with Gasteiger partial charge in [-0.25, -0.2) is 0 Å². The van der Waals surface area contributed by atoms with Crippen molar-refractivity contribution in [1.29, 1.82) is 0 Å². The summed E-state index contributed by atoms with van der Waals surface area (Å²) >= 11 is 0. The second-order valence-electron chi connectivity index (χ2n) is 13.5. The highest BCUT2D eigenvalue weighted by molar-refractivity contribution is 5.83. The highest BCUT2D eigenvalue weighted by atomic mass is 16.7. The van der Waals surface area contributed by atoms with Crippen LogP contribution in [0.2, 0.25) is 0 Å². The minimum atomic E-state index is -0.874. The third-order valence-electron chi connectivity index (χ3n) is 10.0. The van der Waals surface area contributed by atoms with Crippen LogP contribution in [0.4, 0.5) is 0 Å². The number of ether oxygens (including phenoxy) is 5. The van der Waals surface area contributed by atoms with Crippen LogP contribution in [0, 0.1) is 5.92 Å². The second kappa shape index (κ2) is 16.7. The van der Waals surface area contributed by atoms with Crippen molar-refractivity contribution in [1.82, 2.24) is 10.2 Å². The molecule has 2 aliphatic heterocycles. The van der Waals surface area contributed by atoms with Crippen LogP contribution in [0.25, 0.3) is 11.1 Å². The highest BCUT2D eigenvalue weighted by Gasteiger charge is 2.39. The number of fused-ring (bicyclic) bond motifs is 1. The standard InChI is InChI=1S/C42H48N2O8/c1-26-39(24-44-19-18-33-20-37(48-4)38(49-5)21-35(33)23-44)51-42(52-40(26)31-12-10-29(25-45)11-13-31)32-16-14-30(15-17-32)36-9-7-6-8-34(36)22-43-41(47)27(2)50-28(3)46/h6-17,20-21,26-27,39-40,42,45H,18-19,22-25H2,1-5H3,(H,43,47). The Morgan fingerprint density at radius 1 is 0.923 bits per heavy atom. The summed E-state index contributed by atoms with van der Waals surface area (Å²) in [6.45, 7) is 7.70. The maximum atomic E-state index is 12.5. The molecule has 5 unspecified atom stereocenters. The lowest BCUT2D eigenvalue weighted by Crippen LogP contribution is -2.45. The summed E-state index contributed by atoms with van der Waals surface area (Å²) in [6, 6.07) is 28.2. The van der Waals surface area contributed by atoms with Gasteiger partial charge in [-0.15, -0.1) is 0 Å². The first-order chi connectivity index (χ1) is 25.2. The molecule has 10 nitrogen and oxygen atoms in total. The third-order valence-corrected chi connectivity index (χ3v) is 10.0. The molecule has 0 saturated carbocycles. The van der Waals surface area contributed by atoms with E-state index in [0.717, 1.165) is 70.9 Å². The Balaban J connectivity index is 1.21. The zero-order chi connectivity index (χ0) is 36.8. The summed E-state index contributed by atoms with van der Waals surface area (Å²) in [5.74, 6) is 0.675. The molecule has 6 rings (SSSR count). The van der Waals surface area contributed by atoms with Crippen LogP contribution >= 0.6 is 0 Å². The van der Waals surface area contributed by atoms with Crippen LogP contribution in [-0.2, 0) is 49.9 Å². The minimum Gasteiger partial charge on any atom is -0.493 e. The molecular weight excluding hydrogens is 660 g/mol. The van der Waals surface area contributed by atoms with Gasteiger partial charge in [0, 0.05) is 44.6 Å². The normalized spacial score (nSPS) is 20.7. The van der Waals surface area contributed by atoms with Crippen molar-refractivity contribution < 1.29 is 38.4 Å². The first-order valence-electron chi connectivity index (χ1n) is 17.8. The molecule has 0 spiro atoms. The zero-order valence-electron chi connectivity index (χ0n) is 30.5. The lowest BCUT2D eigenvalue weighted by molar-refractivity contribution is -0.276. The monoisotopic (exact) mass is 708 g/mol. The molecule has 2 heterocycles. The van der Waals surface area contributed by atoms with Crippen LogP contribution in [0.3, 0.4) is 0 Å². The molecule has 52 heavy (non-hydrogen) atoms. The predicted molar refractivity (Wildman–Crippen MR) is 196 cm³/mol. The fourth-order valence-electron chi connectivity index (χ4n) is 7.08. The number of aliphatic hydroxyl groups is 1. The number of hydrogen-bond acceptors (Lipinski definition) is 9. The molecule has 1 amide bonds. The molecule has 0 bridgehead atoms. The van der Waals surface area contributed by atoms with Gasteiger partial charge in [0.25, 0.3) is 5.91 Å². The Hall–Kier alpha value is -4.74. The van der Waals surface area contributed by atoms with Crippen molar-refractivity contribution >= 4 is 11.9 Å². The molecule has 274 valence electrons. The van der Waals surface area contributed by atoms with Crippen molar-refractivity contribution in [3.05, 3.63) is 118 Å². The minimum absolute atomic E-state index is 0.0158. The Labute approximate surface area is 305 Å². The maximum absolute atomic E-state index is 12.5. The molecule has 4 aromatic rings. The summed E-state index contributed by atoms with van der Waals surface area (Å²) < 4.78 is 29.7. The Morgan fingerprint density at radius 3 is 2.27 bits per heavy atom. The first-order valence-corrected chi connectivity index (χ1v) is 17.8. The van der Waals surface area contributed by atoms with E-state index in [0.29, 0.717) is 0 Å². The number of methoxy groups -OCH3 is 2. The van der Waals surface area contributed by atoms with E-state index in [4.69, 9.17) is 23.7 Å². The quantitative estimate of drug-likeness (QED) is 0.164. The fourth-order valence-corrected chi connectivity index (χ4v) is 7.08.